The van der Waals surface area contributed by atoms with Crippen molar-refractivity contribution in [2.45, 2.75) is 26.3 Å². The molecule has 0 atom stereocenters. The van der Waals surface area contributed by atoms with Crippen LogP contribution in [0.2, 0.25) is 0 Å². The summed E-state index contributed by atoms with van der Waals surface area (Å²) in [5.74, 6) is 0.0360. The van der Waals surface area contributed by atoms with Crippen molar-refractivity contribution < 1.29 is 4.79 Å². The number of rotatable bonds is 8. The number of aryl methyl sites for hydroxylation is 1. The first-order valence-electron chi connectivity index (χ1n) is 8.96. The average molecular weight is 368 g/mol. The van der Waals surface area contributed by atoms with Gasteiger partial charge < -0.3 is 10.2 Å². The largest absolute Gasteiger partial charge is 0.352 e. The Morgan fingerprint density at radius 1 is 1.31 bits per heavy atom. The monoisotopic (exact) mass is 367 g/mol. The van der Waals surface area contributed by atoms with Gasteiger partial charge in [0.1, 0.15) is 0 Å². The Kier molecular flexibility index (Phi) is 6.36. The molecule has 0 fully saturated rings. The number of nitrogens with one attached hydrogen (secondary N) is 1. The molecule has 0 spiro atoms. The van der Waals surface area contributed by atoms with Crippen molar-refractivity contribution in [3.05, 3.63) is 69.7 Å². The molecule has 26 heavy (non-hydrogen) atoms. The summed E-state index contributed by atoms with van der Waals surface area (Å²) in [6.45, 7) is 4.58. The van der Waals surface area contributed by atoms with E-state index in [9.17, 15) is 4.79 Å². The molecule has 1 N–H and O–H groups in total. The molecule has 0 saturated heterocycles. The van der Waals surface area contributed by atoms with E-state index in [0.29, 0.717) is 13.0 Å². The molecule has 136 valence electrons. The second-order valence-electron chi connectivity index (χ2n) is 6.62. The highest BCUT2D eigenvalue weighted by Gasteiger charge is 2.16. The zero-order chi connectivity index (χ0) is 18.4. The number of nitrogens with zero attached hydrogens (tertiary/aromatic N) is 2. The summed E-state index contributed by atoms with van der Waals surface area (Å²) >= 11 is 1.63. The SMILES string of the molecule is Cc1nc(C2=CCC(C(=O)NCCCN(C)Cc3ccccc3)=C2)cs1. The van der Waals surface area contributed by atoms with Crippen LogP contribution >= 0.6 is 11.3 Å². The Balaban J connectivity index is 1.38. The minimum Gasteiger partial charge on any atom is -0.352 e. The quantitative estimate of drug-likeness (QED) is 0.722. The third-order valence-corrected chi connectivity index (χ3v) is 5.15. The van der Waals surface area contributed by atoms with Gasteiger partial charge in [-0.15, -0.1) is 11.3 Å². The Hall–Kier alpha value is -2.24. The van der Waals surface area contributed by atoms with Crippen LogP contribution in [-0.2, 0) is 11.3 Å². The third-order valence-electron chi connectivity index (χ3n) is 4.38. The lowest BCUT2D eigenvalue weighted by Crippen LogP contribution is -2.28. The number of hydrogen-bond donors (Lipinski definition) is 1. The highest BCUT2D eigenvalue weighted by atomic mass is 32.1. The molecule has 0 bridgehead atoms. The maximum atomic E-state index is 12.3. The van der Waals surface area contributed by atoms with E-state index in [0.717, 1.165) is 41.4 Å². The van der Waals surface area contributed by atoms with E-state index in [1.54, 1.807) is 11.3 Å². The molecule has 1 heterocycles. The van der Waals surface area contributed by atoms with Crippen molar-refractivity contribution in [2.75, 3.05) is 20.1 Å². The molecule has 2 aromatic rings. The average Bonchev–Trinajstić information content (AvgIpc) is 3.28. The number of benzene rings is 1. The van der Waals surface area contributed by atoms with Gasteiger partial charge in [0.15, 0.2) is 0 Å². The van der Waals surface area contributed by atoms with Gasteiger partial charge >= 0.3 is 0 Å². The zero-order valence-electron chi connectivity index (χ0n) is 15.4. The first-order valence-corrected chi connectivity index (χ1v) is 9.83. The van der Waals surface area contributed by atoms with Crippen LogP contribution in [0.25, 0.3) is 5.57 Å². The van der Waals surface area contributed by atoms with Crippen LogP contribution in [0.5, 0.6) is 0 Å². The molecule has 0 radical (unpaired) electrons. The molecular weight excluding hydrogens is 342 g/mol. The lowest BCUT2D eigenvalue weighted by atomic mass is 10.2. The van der Waals surface area contributed by atoms with Crippen LogP contribution in [0.1, 0.15) is 29.1 Å². The van der Waals surface area contributed by atoms with Gasteiger partial charge in [-0.05, 0) is 50.6 Å². The second-order valence-corrected chi connectivity index (χ2v) is 7.68. The number of thiazole rings is 1. The third kappa shape index (κ3) is 5.13. The van der Waals surface area contributed by atoms with Crippen LogP contribution in [0, 0.1) is 6.92 Å². The predicted octanol–water partition coefficient (Wildman–Crippen LogP) is 3.80. The summed E-state index contributed by atoms with van der Waals surface area (Å²) in [6, 6.07) is 10.4. The summed E-state index contributed by atoms with van der Waals surface area (Å²) in [5, 5.41) is 6.13. The number of allylic oxidation sites excluding steroid dienone is 3. The van der Waals surface area contributed by atoms with Gasteiger partial charge in [0, 0.05) is 24.0 Å². The van der Waals surface area contributed by atoms with Gasteiger partial charge in [-0.3, -0.25) is 4.79 Å². The van der Waals surface area contributed by atoms with Crippen LogP contribution in [0.15, 0.2) is 53.4 Å². The van der Waals surface area contributed by atoms with Gasteiger partial charge in [0.2, 0.25) is 5.91 Å². The maximum Gasteiger partial charge on any atom is 0.247 e. The van der Waals surface area contributed by atoms with E-state index in [1.165, 1.54) is 5.56 Å². The number of carbonyl (C=O) groups is 1. The van der Waals surface area contributed by atoms with Crippen molar-refractivity contribution in [2.24, 2.45) is 0 Å². The van der Waals surface area contributed by atoms with Crippen molar-refractivity contribution in [3.63, 3.8) is 0 Å². The van der Waals surface area contributed by atoms with E-state index in [-0.39, 0.29) is 5.91 Å². The zero-order valence-corrected chi connectivity index (χ0v) is 16.2. The molecule has 0 aliphatic heterocycles. The molecule has 4 nitrogen and oxygen atoms in total. The fraction of sp³-hybridized carbons (Fsp3) is 0.333. The Labute approximate surface area is 159 Å². The standard InChI is InChI=1S/C21H25N3OS/c1-16-23-20(15-26-16)18-9-10-19(13-18)21(25)22-11-6-12-24(2)14-17-7-4-3-5-8-17/h3-5,7-9,13,15H,6,10-12,14H2,1-2H3,(H,22,25). The molecule has 0 saturated carbocycles. The van der Waals surface area contributed by atoms with E-state index >= 15 is 0 Å². The summed E-state index contributed by atoms with van der Waals surface area (Å²) in [4.78, 5) is 19.1. The van der Waals surface area contributed by atoms with Crippen molar-refractivity contribution in [1.82, 2.24) is 15.2 Å². The lowest BCUT2D eigenvalue weighted by Gasteiger charge is -2.16. The van der Waals surface area contributed by atoms with Gasteiger partial charge in [0.25, 0.3) is 0 Å². The van der Waals surface area contributed by atoms with Crippen LogP contribution < -0.4 is 5.32 Å². The van der Waals surface area contributed by atoms with Crippen LogP contribution in [-0.4, -0.2) is 35.9 Å². The first kappa shape index (κ1) is 18.5. The number of aromatic nitrogens is 1. The highest BCUT2D eigenvalue weighted by Crippen LogP contribution is 2.27. The molecule has 1 aliphatic rings. The molecule has 1 aromatic carbocycles. The number of amides is 1. The minimum absolute atomic E-state index is 0.0360. The van der Waals surface area contributed by atoms with Gasteiger partial charge in [-0.2, -0.15) is 0 Å². The van der Waals surface area contributed by atoms with Crippen LogP contribution in [0.3, 0.4) is 0 Å². The smallest absolute Gasteiger partial charge is 0.247 e. The summed E-state index contributed by atoms with van der Waals surface area (Å²) in [7, 11) is 2.11. The van der Waals surface area contributed by atoms with Gasteiger partial charge in [-0.25, -0.2) is 4.98 Å². The van der Waals surface area contributed by atoms with Gasteiger partial charge in [0.05, 0.1) is 10.7 Å². The Morgan fingerprint density at radius 3 is 2.85 bits per heavy atom. The van der Waals surface area contributed by atoms with Crippen molar-refractivity contribution >= 4 is 22.8 Å². The number of carbonyl (C=O) groups excluding carboxylic acids is 1. The summed E-state index contributed by atoms with van der Waals surface area (Å²) < 4.78 is 0. The topological polar surface area (TPSA) is 45.2 Å². The maximum absolute atomic E-state index is 12.3. The second kappa shape index (κ2) is 8.92. The molecule has 3 rings (SSSR count). The Bertz CT molecular complexity index is 808. The predicted molar refractivity (Wildman–Crippen MR) is 108 cm³/mol. The number of hydrogen-bond acceptors (Lipinski definition) is 4. The van der Waals surface area contributed by atoms with E-state index in [4.69, 9.17) is 0 Å². The fourth-order valence-corrected chi connectivity index (χ4v) is 3.62. The molecule has 0 unspecified atom stereocenters. The van der Waals surface area contributed by atoms with E-state index in [1.807, 2.05) is 24.4 Å². The van der Waals surface area contributed by atoms with Crippen LogP contribution in [0.4, 0.5) is 0 Å². The highest BCUT2D eigenvalue weighted by molar-refractivity contribution is 7.09. The van der Waals surface area contributed by atoms with E-state index in [2.05, 4.69) is 52.6 Å². The van der Waals surface area contributed by atoms with E-state index < -0.39 is 0 Å². The molecule has 1 amide bonds. The normalized spacial score (nSPS) is 13.7. The summed E-state index contributed by atoms with van der Waals surface area (Å²) in [6.07, 6.45) is 5.67. The molecule has 5 heteroatoms. The van der Waals surface area contributed by atoms with Gasteiger partial charge in [-0.1, -0.05) is 36.4 Å². The Morgan fingerprint density at radius 2 is 2.12 bits per heavy atom. The first-order chi connectivity index (χ1) is 12.6. The van der Waals surface area contributed by atoms with Crippen molar-refractivity contribution in [1.29, 1.82) is 0 Å². The molecule has 1 aliphatic carbocycles. The van der Waals surface area contributed by atoms with Crippen molar-refractivity contribution in [3.8, 4) is 0 Å². The summed E-state index contributed by atoms with van der Waals surface area (Å²) in [5.41, 5.74) is 4.16. The molecular formula is C21H25N3OS. The minimum atomic E-state index is 0.0360. The molecule has 1 aromatic heterocycles. The fourth-order valence-electron chi connectivity index (χ4n) is 3.00. The lowest BCUT2D eigenvalue weighted by molar-refractivity contribution is -0.117.